The molecule has 3 N–H and O–H groups in total. The van der Waals surface area contributed by atoms with Gasteiger partial charge < -0.3 is 43.0 Å². The largest absolute Gasteiger partial charge is 0.467 e. The number of hydrogen-bond donors (Lipinski definition) is 3. The predicted octanol–water partition coefficient (Wildman–Crippen LogP) is 7.04. The molecule has 2 rings (SSSR count). The third kappa shape index (κ3) is 15.1. The fourth-order valence-electron chi connectivity index (χ4n) is 4.59. The van der Waals surface area contributed by atoms with E-state index in [0.717, 1.165) is 35.5 Å². The Labute approximate surface area is 298 Å². The van der Waals surface area contributed by atoms with Crippen LogP contribution in [0.4, 0.5) is 0 Å². The SMILES string of the molecule is COCCOCOc1ccccc1CN[C@@H](CCC(C)(C)[Si](C)(C)O)[C@@H](NCc1ccccc1OCOCCOC)O[Si](C)(C)C(C)(C)C. The zero-order valence-electron chi connectivity index (χ0n) is 32.1. The summed E-state index contributed by atoms with van der Waals surface area (Å²) in [5, 5.41) is 7.45. The van der Waals surface area contributed by atoms with Crippen LogP contribution in [-0.2, 0) is 36.5 Å². The molecule has 0 aromatic heterocycles. The van der Waals surface area contributed by atoms with Crippen molar-refractivity contribution in [2.45, 2.75) is 109 Å². The normalized spacial score (nSPS) is 14.1. The molecular weight excluding hydrogens is 657 g/mol. The van der Waals surface area contributed by atoms with Gasteiger partial charge in [0.15, 0.2) is 30.2 Å². The second kappa shape index (κ2) is 20.9. The molecule has 0 bridgehead atoms. The molecule has 2 aromatic carbocycles. The molecule has 0 saturated carbocycles. The van der Waals surface area contributed by atoms with Gasteiger partial charge in [0.25, 0.3) is 0 Å². The summed E-state index contributed by atoms with van der Waals surface area (Å²) in [6, 6.07) is 15.9. The highest BCUT2D eigenvalue weighted by atomic mass is 28.4. The van der Waals surface area contributed by atoms with Gasteiger partial charge in [-0.1, -0.05) is 71.0 Å². The van der Waals surface area contributed by atoms with Crippen molar-refractivity contribution in [3.05, 3.63) is 59.7 Å². The Kier molecular flexibility index (Phi) is 18.4. The van der Waals surface area contributed by atoms with Gasteiger partial charge in [0, 0.05) is 44.5 Å². The summed E-state index contributed by atoms with van der Waals surface area (Å²) in [7, 11) is -1.38. The van der Waals surface area contributed by atoms with Crippen LogP contribution in [0.15, 0.2) is 48.5 Å². The van der Waals surface area contributed by atoms with Gasteiger partial charge in [-0.25, -0.2) is 0 Å². The fourth-order valence-corrected chi connectivity index (χ4v) is 6.58. The molecule has 0 aliphatic rings. The summed E-state index contributed by atoms with van der Waals surface area (Å²) in [4.78, 5) is 11.2. The predicted molar refractivity (Wildman–Crippen MR) is 202 cm³/mol. The van der Waals surface area contributed by atoms with E-state index in [1.807, 2.05) is 49.5 Å². The first-order chi connectivity index (χ1) is 23.0. The number of para-hydroxylation sites is 2. The molecule has 10 nitrogen and oxygen atoms in total. The maximum atomic E-state index is 11.2. The molecular formula is C37H66N2O8Si2. The lowest BCUT2D eigenvalue weighted by Gasteiger charge is -2.43. The minimum atomic E-state index is -2.44. The molecule has 0 amide bonds. The standard InChI is InChI=1S/C37H66N2O8Si2/c1-36(2,3)49(10,11)47-35(39-27-31-17-13-15-19-34(31)46-29-44-25-23-42-7)32(20-21-37(4,5)48(8,9)40)38-26-30-16-12-14-18-33(30)45-28-43-24-22-41-6/h12-19,32,35,38-40H,20-29H2,1-11H3/t32-,35-/m0/s1. The number of methoxy groups -OCH3 is 2. The first kappa shape index (κ1) is 43.3. The van der Waals surface area contributed by atoms with Crippen molar-refractivity contribution in [3.63, 3.8) is 0 Å². The quantitative estimate of drug-likeness (QED) is 0.0561. The number of benzene rings is 2. The van der Waals surface area contributed by atoms with Gasteiger partial charge in [-0.15, -0.1) is 0 Å². The van der Waals surface area contributed by atoms with E-state index in [1.54, 1.807) is 14.2 Å². The summed E-state index contributed by atoms with van der Waals surface area (Å²) in [5.74, 6) is 1.53. The molecule has 2 atom stereocenters. The van der Waals surface area contributed by atoms with Crippen LogP contribution < -0.4 is 20.1 Å². The van der Waals surface area contributed by atoms with E-state index in [-0.39, 0.29) is 35.9 Å². The van der Waals surface area contributed by atoms with E-state index in [2.05, 4.69) is 70.5 Å². The first-order valence-electron chi connectivity index (χ1n) is 17.4. The number of nitrogens with one attached hydrogen (secondary N) is 2. The Bertz CT molecular complexity index is 1200. The monoisotopic (exact) mass is 722 g/mol. The number of rotatable bonds is 25. The van der Waals surface area contributed by atoms with Crippen LogP contribution in [-0.4, -0.2) is 87.9 Å². The molecule has 0 unspecified atom stereocenters. The zero-order valence-corrected chi connectivity index (χ0v) is 34.1. The lowest BCUT2D eigenvalue weighted by Crippen LogP contribution is -2.56. The minimum absolute atomic E-state index is 0.000566. The molecule has 0 aliphatic carbocycles. The van der Waals surface area contributed by atoms with Gasteiger partial charge >= 0.3 is 0 Å². The maximum absolute atomic E-state index is 11.2. The van der Waals surface area contributed by atoms with Crippen molar-refractivity contribution in [2.75, 3.05) is 54.2 Å². The van der Waals surface area contributed by atoms with Gasteiger partial charge in [-0.2, -0.15) is 0 Å². The van der Waals surface area contributed by atoms with Crippen LogP contribution in [0.1, 0.15) is 58.6 Å². The van der Waals surface area contributed by atoms with Crippen LogP contribution in [0.25, 0.3) is 0 Å². The zero-order chi connectivity index (χ0) is 36.6. The lowest BCUT2D eigenvalue weighted by molar-refractivity contribution is -0.00919. The molecule has 0 saturated heterocycles. The van der Waals surface area contributed by atoms with Crippen molar-refractivity contribution in [1.29, 1.82) is 0 Å². The fraction of sp³-hybridized carbons (Fsp3) is 0.676. The van der Waals surface area contributed by atoms with Gasteiger partial charge in [0.2, 0.25) is 0 Å². The number of hydrogen-bond acceptors (Lipinski definition) is 10. The van der Waals surface area contributed by atoms with Crippen LogP contribution >= 0.6 is 0 Å². The Balaban J connectivity index is 2.38. The van der Waals surface area contributed by atoms with E-state index in [1.165, 1.54) is 0 Å². The molecule has 0 fully saturated rings. The first-order valence-corrected chi connectivity index (χ1v) is 23.3. The van der Waals surface area contributed by atoms with Crippen molar-refractivity contribution >= 4 is 16.6 Å². The average molecular weight is 723 g/mol. The summed E-state index contributed by atoms with van der Waals surface area (Å²) >= 11 is 0. The van der Waals surface area contributed by atoms with Crippen molar-refractivity contribution in [3.8, 4) is 11.5 Å². The lowest BCUT2D eigenvalue weighted by atomic mass is 10.0. The Morgan fingerprint density at radius 3 is 1.61 bits per heavy atom. The van der Waals surface area contributed by atoms with Crippen LogP contribution in [0.2, 0.25) is 36.3 Å². The van der Waals surface area contributed by atoms with Gasteiger partial charge in [-0.05, 0) is 61.2 Å². The van der Waals surface area contributed by atoms with E-state index in [9.17, 15) is 4.80 Å². The second-order valence-corrected chi connectivity index (χ2v) is 24.4. The van der Waals surface area contributed by atoms with Crippen LogP contribution in [0, 0.1) is 0 Å². The molecule has 280 valence electrons. The smallest absolute Gasteiger partial charge is 0.194 e. The minimum Gasteiger partial charge on any atom is -0.467 e. The highest BCUT2D eigenvalue weighted by molar-refractivity contribution is 6.74. The van der Waals surface area contributed by atoms with E-state index >= 15 is 0 Å². The molecule has 0 radical (unpaired) electrons. The Hall–Kier alpha value is -1.85. The van der Waals surface area contributed by atoms with E-state index < -0.39 is 16.6 Å². The van der Waals surface area contributed by atoms with Crippen molar-refractivity contribution in [2.24, 2.45) is 0 Å². The van der Waals surface area contributed by atoms with E-state index in [0.29, 0.717) is 39.5 Å². The van der Waals surface area contributed by atoms with Crippen LogP contribution in [0.5, 0.6) is 11.5 Å². The molecule has 12 heteroatoms. The topological polar surface area (TPSA) is 109 Å². The van der Waals surface area contributed by atoms with E-state index in [4.69, 9.17) is 32.8 Å². The Morgan fingerprint density at radius 2 is 1.16 bits per heavy atom. The second-order valence-electron chi connectivity index (χ2n) is 15.2. The summed E-state index contributed by atoms with van der Waals surface area (Å²) < 4.78 is 40.5. The number of ether oxygens (including phenoxy) is 6. The highest BCUT2D eigenvalue weighted by Gasteiger charge is 2.42. The third-order valence-corrected chi connectivity index (χ3v) is 17.8. The van der Waals surface area contributed by atoms with Crippen LogP contribution in [0.3, 0.4) is 0 Å². The summed E-state index contributed by atoms with van der Waals surface area (Å²) in [6.45, 7) is 23.1. The highest BCUT2D eigenvalue weighted by Crippen LogP contribution is 2.41. The molecule has 0 heterocycles. The Morgan fingerprint density at radius 1 is 0.694 bits per heavy atom. The van der Waals surface area contributed by atoms with Gasteiger partial charge in [0.05, 0.1) is 26.4 Å². The van der Waals surface area contributed by atoms with Gasteiger partial charge in [0.1, 0.15) is 17.7 Å². The van der Waals surface area contributed by atoms with Crippen molar-refractivity contribution in [1.82, 2.24) is 10.6 Å². The van der Waals surface area contributed by atoms with Crippen molar-refractivity contribution < 1.29 is 37.6 Å². The summed E-state index contributed by atoms with van der Waals surface area (Å²) in [6.07, 6.45) is 1.31. The van der Waals surface area contributed by atoms with Gasteiger partial charge in [-0.3, -0.25) is 5.32 Å². The molecule has 2 aromatic rings. The average Bonchev–Trinajstić information content (AvgIpc) is 3.03. The molecule has 49 heavy (non-hydrogen) atoms. The molecule has 0 spiro atoms. The third-order valence-electron chi connectivity index (χ3n) is 9.78. The summed E-state index contributed by atoms with van der Waals surface area (Å²) in [5.41, 5.74) is 2.04. The molecule has 0 aliphatic heterocycles. The maximum Gasteiger partial charge on any atom is 0.194 e.